The lowest BCUT2D eigenvalue weighted by atomic mass is 9.95. The summed E-state index contributed by atoms with van der Waals surface area (Å²) in [7, 11) is -3.68. The second-order valence-electron chi connectivity index (χ2n) is 8.52. The van der Waals surface area contributed by atoms with Gasteiger partial charge >= 0.3 is 6.18 Å². The third-order valence-electron chi connectivity index (χ3n) is 6.10. The number of thiophene rings is 1. The molecule has 0 unspecified atom stereocenters. The Bertz CT molecular complexity index is 1260. The van der Waals surface area contributed by atoms with Crippen LogP contribution in [0.15, 0.2) is 75.1 Å². The lowest BCUT2D eigenvalue weighted by Gasteiger charge is -2.42. The summed E-state index contributed by atoms with van der Waals surface area (Å²) >= 11 is 2.58. The molecule has 0 amide bonds. The van der Waals surface area contributed by atoms with Crippen molar-refractivity contribution >= 4 is 38.8 Å². The van der Waals surface area contributed by atoms with Crippen molar-refractivity contribution in [3.63, 3.8) is 0 Å². The average Bonchev–Trinajstić information content (AvgIpc) is 3.39. The van der Waals surface area contributed by atoms with Crippen LogP contribution in [-0.2, 0) is 15.6 Å². The highest BCUT2D eigenvalue weighted by Gasteiger charge is 2.51. The van der Waals surface area contributed by atoms with Crippen LogP contribution < -0.4 is 4.90 Å². The first-order valence-corrected chi connectivity index (χ1v) is 14.3. The number of benzene rings is 2. The molecule has 0 saturated carbocycles. The Hall–Kier alpha value is -2.12. The third-order valence-corrected chi connectivity index (χ3v) is 10.5. The van der Waals surface area contributed by atoms with Crippen molar-refractivity contribution in [3.05, 3.63) is 77.4 Å². The minimum absolute atomic E-state index is 0.177. The van der Waals surface area contributed by atoms with Gasteiger partial charge in [-0.25, -0.2) is 12.8 Å². The molecule has 1 fully saturated rings. The summed E-state index contributed by atoms with van der Waals surface area (Å²) < 4.78 is 81.0. The molecule has 36 heavy (non-hydrogen) atoms. The van der Waals surface area contributed by atoms with Gasteiger partial charge in [0.05, 0.1) is 6.04 Å². The number of sulfonamides is 1. The van der Waals surface area contributed by atoms with Crippen LogP contribution in [0.3, 0.4) is 0 Å². The van der Waals surface area contributed by atoms with E-state index in [0.29, 0.717) is 24.9 Å². The summed E-state index contributed by atoms with van der Waals surface area (Å²) in [5.41, 5.74) is -2.65. The van der Waals surface area contributed by atoms with Gasteiger partial charge in [0.25, 0.3) is 10.0 Å². The molecular weight excluding hydrogens is 536 g/mol. The number of thioether (sulfide) groups is 1. The van der Waals surface area contributed by atoms with E-state index < -0.39 is 21.8 Å². The van der Waals surface area contributed by atoms with Crippen LogP contribution in [0.4, 0.5) is 23.2 Å². The molecule has 5 nitrogen and oxygen atoms in total. The monoisotopic (exact) mass is 560 g/mol. The highest BCUT2D eigenvalue weighted by Crippen LogP contribution is 2.39. The van der Waals surface area contributed by atoms with Gasteiger partial charge in [-0.2, -0.15) is 17.5 Å². The second kappa shape index (κ2) is 10.3. The molecule has 0 spiro atoms. The summed E-state index contributed by atoms with van der Waals surface area (Å²) in [6.45, 7) is 1.42. The van der Waals surface area contributed by atoms with E-state index in [0.717, 1.165) is 16.2 Å². The van der Waals surface area contributed by atoms with Crippen molar-refractivity contribution in [3.8, 4) is 0 Å². The number of nitrogens with zero attached hydrogens (tertiary/aromatic N) is 2. The maximum Gasteiger partial charge on any atom is 0.421 e. The molecule has 2 aromatic carbocycles. The number of hydrogen-bond acceptors (Lipinski definition) is 6. The molecule has 4 rings (SSSR count). The van der Waals surface area contributed by atoms with Gasteiger partial charge < -0.3 is 10.0 Å². The second-order valence-corrected chi connectivity index (χ2v) is 12.7. The molecule has 1 N–H and O–H groups in total. The van der Waals surface area contributed by atoms with E-state index in [1.165, 1.54) is 52.5 Å². The standard InChI is InChI=1S/C24H24F4N2O3S3/c1-23(31,24(26,27)28)17-4-8-19(9-5-17)30-13-12-29(36(32,33)22-3-2-14-34-22)15-20(30)16-35-21-10-6-18(25)7-11-21/h2-11,14,20,31H,12-13,15-16H2,1H3/t20-,23-/m1/s1. The van der Waals surface area contributed by atoms with Gasteiger partial charge in [0.2, 0.25) is 0 Å². The molecule has 3 aromatic rings. The molecule has 1 aliphatic heterocycles. The minimum atomic E-state index is -4.83. The normalized spacial score (nSPS) is 19.3. The van der Waals surface area contributed by atoms with Gasteiger partial charge in [-0.05, 0) is 60.3 Å². The van der Waals surface area contributed by atoms with Gasteiger partial charge in [0, 0.05) is 36.0 Å². The molecule has 194 valence electrons. The van der Waals surface area contributed by atoms with Crippen LogP contribution in [0.25, 0.3) is 0 Å². The zero-order valence-electron chi connectivity index (χ0n) is 19.2. The van der Waals surface area contributed by atoms with Crippen molar-refractivity contribution in [2.45, 2.75) is 33.8 Å². The lowest BCUT2D eigenvalue weighted by Crippen LogP contribution is -2.55. The van der Waals surface area contributed by atoms with Crippen LogP contribution in [0.5, 0.6) is 0 Å². The Morgan fingerprint density at radius 2 is 1.72 bits per heavy atom. The number of anilines is 1. The van der Waals surface area contributed by atoms with Gasteiger partial charge in [-0.15, -0.1) is 23.1 Å². The van der Waals surface area contributed by atoms with Gasteiger partial charge in [-0.3, -0.25) is 0 Å². The van der Waals surface area contributed by atoms with E-state index in [2.05, 4.69) is 0 Å². The number of rotatable bonds is 7. The van der Waals surface area contributed by atoms with Crippen LogP contribution >= 0.6 is 23.1 Å². The van der Waals surface area contributed by atoms with E-state index >= 15 is 0 Å². The van der Waals surface area contributed by atoms with Crippen LogP contribution in [0.2, 0.25) is 0 Å². The first-order valence-electron chi connectivity index (χ1n) is 11.0. The fraction of sp³-hybridized carbons (Fsp3) is 0.333. The van der Waals surface area contributed by atoms with Crippen molar-refractivity contribution in [2.24, 2.45) is 0 Å². The zero-order chi connectivity index (χ0) is 26.1. The van der Waals surface area contributed by atoms with E-state index in [1.54, 1.807) is 29.6 Å². The topological polar surface area (TPSA) is 60.9 Å². The van der Waals surface area contributed by atoms with Crippen LogP contribution in [-0.4, -0.2) is 55.4 Å². The fourth-order valence-electron chi connectivity index (χ4n) is 3.93. The van der Waals surface area contributed by atoms with Crippen molar-refractivity contribution in [1.29, 1.82) is 0 Å². The van der Waals surface area contributed by atoms with Gasteiger partial charge in [0.15, 0.2) is 5.60 Å². The summed E-state index contributed by atoms with van der Waals surface area (Å²) in [4.78, 5) is 2.77. The predicted octanol–water partition coefficient (Wildman–Crippen LogP) is 5.33. The Balaban J connectivity index is 1.59. The molecule has 1 aromatic heterocycles. The van der Waals surface area contributed by atoms with Gasteiger partial charge in [-0.1, -0.05) is 18.2 Å². The van der Waals surface area contributed by atoms with Crippen molar-refractivity contribution < 1.29 is 31.1 Å². The van der Waals surface area contributed by atoms with Crippen LogP contribution in [0.1, 0.15) is 12.5 Å². The predicted molar refractivity (Wildman–Crippen MR) is 133 cm³/mol. The Morgan fingerprint density at radius 1 is 1.06 bits per heavy atom. The SMILES string of the molecule is C[C@@](O)(c1ccc(N2CCN(S(=O)(=O)c3cccs3)C[C@@H]2CSc2ccc(F)cc2)cc1)C(F)(F)F. The first kappa shape index (κ1) is 26.9. The maximum atomic E-state index is 13.3. The highest BCUT2D eigenvalue weighted by atomic mass is 32.2. The fourth-order valence-corrected chi connectivity index (χ4v) is 7.54. The van der Waals surface area contributed by atoms with E-state index in [9.17, 15) is 31.1 Å². The molecule has 1 aliphatic rings. The van der Waals surface area contributed by atoms with E-state index in [4.69, 9.17) is 0 Å². The molecular formula is C24H24F4N2O3S3. The minimum Gasteiger partial charge on any atom is -0.376 e. The highest BCUT2D eigenvalue weighted by molar-refractivity contribution is 7.99. The van der Waals surface area contributed by atoms with Crippen molar-refractivity contribution in [2.75, 3.05) is 30.3 Å². The van der Waals surface area contributed by atoms with Crippen LogP contribution in [0, 0.1) is 5.82 Å². The van der Waals surface area contributed by atoms with Crippen molar-refractivity contribution in [1.82, 2.24) is 4.31 Å². The maximum absolute atomic E-state index is 13.3. The van der Waals surface area contributed by atoms with E-state index in [-0.39, 0.29) is 34.7 Å². The Morgan fingerprint density at radius 3 is 2.31 bits per heavy atom. The largest absolute Gasteiger partial charge is 0.421 e. The molecule has 0 radical (unpaired) electrons. The Labute approximate surface area is 215 Å². The van der Waals surface area contributed by atoms with Gasteiger partial charge in [0.1, 0.15) is 10.0 Å². The molecule has 0 bridgehead atoms. The summed E-state index contributed by atoms with van der Waals surface area (Å²) in [5, 5.41) is 11.7. The molecule has 2 heterocycles. The zero-order valence-corrected chi connectivity index (χ0v) is 21.6. The number of hydrogen-bond donors (Lipinski definition) is 1. The number of halogens is 4. The summed E-state index contributed by atoms with van der Waals surface area (Å²) in [5.74, 6) is 0.103. The Kier molecular flexibility index (Phi) is 7.73. The quantitative estimate of drug-likeness (QED) is 0.313. The number of alkyl halides is 3. The average molecular weight is 561 g/mol. The molecule has 0 aliphatic carbocycles. The lowest BCUT2D eigenvalue weighted by molar-refractivity contribution is -0.258. The summed E-state index contributed by atoms with van der Waals surface area (Å²) in [6, 6.07) is 14.4. The molecule has 1 saturated heterocycles. The molecule has 2 atom stereocenters. The molecule has 12 heteroatoms. The van der Waals surface area contributed by atoms with E-state index in [1.807, 2.05) is 4.90 Å². The smallest absolute Gasteiger partial charge is 0.376 e. The summed E-state index contributed by atoms with van der Waals surface area (Å²) in [6.07, 6.45) is -4.83. The number of aliphatic hydroxyl groups is 1. The third kappa shape index (κ3) is 5.57. The number of piperazine rings is 1. The first-order chi connectivity index (χ1) is 16.9.